The molecule has 0 radical (unpaired) electrons. The van der Waals surface area contributed by atoms with Crippen LogP contribution >= 0.6 is 0 Å². The second-order valence-corrected chi connectivity index (χ2v) is 5.88. The maximum absolute atomic E-state index is 11.8. The largest absolute Gasteiger partial charge is 0.315 e. The van der Waals surface area contributed by atoms with Crippen molar-refractivity contribution in [2.24, 2.45) is 5.92 Å². The third kappa shape index (κ3) is 4.73. The van der Waals surface area contributed by atoms with Gasteiger partial charge in [-0.2, -0.15) is 0 Å². The molecule has 0 aliphatic carbocycles. The molecule has 1 unspecified atom stereocenters. The smallest absolute Gasteiger partial charge is 0.253 e. The zero-order valence-corrected chi connectivity index (χ0v) is 11.6. The molecule has 0 fully saturated rings. The lowest BCUT2D eigenvalue weighted by Gasteiger charge is -2.23. The summed E-state index contributed by atoms with van der Waals surface area (Å²) in [5.41, 5.74) is 1.06. The Morgan fingerprint density at radius 2 is 2.06 bits per heavy atom. The highest BCUT2D eigenvalue weighted by atomic mass is 16.1. The van der Waals surface area contributed by atoms with Crippen molar-refractivity contribution in [1.82, 2.24) is 9.88 Å². The summed E-state index contributed by atoms with van der Waals surface area (Å²) in [4.78, 5) is 11.8. The number of hydrogen-bond acceptors (Lipinski definition) is 2. The lowest BCUT2D eigenvalue weighted by atomic mass is 10.1. The first-order chi connectivity index (χ1) is 7.79. The van der Waals surface area contributed by atoms with Crippen LogP contribution in [0.5, 0.6) is 0 Å². The van der Waals surface area contributed by atoms with E-state index >= 15 is 0 Å². The molecular formula is C14H24N2O. The molecule has 3 heteroatoms. The average Bonchev–Trinajstić information content (AvgIpc) is 2.21. The highest BCUT2D eigenvalue weighted by molar-refractivity contribution is 5.07. The first kappa shape index (κ1) is 14.0. The van der Waals surface area contributed by atoms with Crippen LogP contribution in [0.3, 0.4) is 0 Å². The van der Waals surface area contributed by atoms with Crippen LogP contribution < -0.4 is 10.9 Å². The first-order valence-corrected chi connectivity index (χ1v) is 6.20. The molecule has 1 rings (SSSR count). The van der Waals surface area contributed by atoms with Gasteiger partial charge in [0.1, 0.15) is 0 Å². The molecule has 96 valence electrons. The molecule has 17 heavy (non-hydrogen) atoms. The molecule has 0 aliphatic heterocycles. The fraction of sp³-hybridized carbons (Fsp3) is 0.643. The van der Waals surface area contributed by atoms with E-state index in [9.17, 15) is 4.79 Å². The number of aryl methyl sites for hydroxylation is 1. The van der Waals surface area contributed by atoms with Crippen LogP contribution in [0.1, 0.15) is 33.3 Å². The number of pyridine rings is 1. The van der Waals surface area contributed by atoms with E-state index < -0.39 is 0 Å². The van der Waals surface area contributed by atoms with Crippen molar-refractivity contribution in [3.8, 4) is 0 Å². The molecule has 1 atom stereocenters. The molecule has 0 spiro atoms. The minimum Gasteiger partial charge on any atom is -0.315 e. The van der Waals surface area contributed by atoms with Gasteiger partial charge in [0.2, 0.25) is 0 Å². The lowest BCUT2D eigenvalue weighted by Crippen LogP contribution is -2.40. The zero-order valence-electron chi connectivity index (χ0n) is 11.6. The Labute approximate surface area is 104 Å². The summed E-state index contributed by atoms with van der Waals surface area (Å²) in [6, 6.07) is 3.79. The normalized spacial score (nSPS) is 13.7. The maximum atomic E-state index is 11.8. The summed E-state index contributed by atoms with van der Waals surface area (Å²) >= 11 is 0. The summed E-state index contributed by atoms with van der Waals surface area (Å²) in [6.07, 6.45) is 1.86. The van der Waals surface area contributed by atoms with E-state index in [4.69, 9.17) is 0 Å². The van der Waals surface area contributed by atoms with Crippen molar-refractivity contribution >= 4 is 0 Å². The summed E-state index contributed by atoms with van der Waals surface area (Å²) in [5, 5.41) is 3.46. The molecule has 1 aromatic rings. The molecule has 0 bridgehead atoms. The Hall–Kier alpha value is -1.09. The van der Waals surface area contributed by atoms with Crippen LogP contribution in [0.2, 0.25) is 0 Å². The fourth-order valence-electron chi connectivity index (χ4n) is 1.68. The van der Waals surface area contributed by atoms with Crippen LogP contribution in [0.25, 0.3) is 0 Å². The quantitative estimate of drug-likeness (QED) is 0.869. The van der Waals surface area contributed by atoms with E-state index in [1.165, 1.54) is 0 Å². The van der Waals surface area contributed by atoms with Gasteiger partial charge in [0.05, 0.1) is 0 Å². The van der Waals surface area contributed by atoms with Gasteiger partial charge >= 0.3 is 0 Å². The van der Waals surface area contributed by atoms with Crippen LogP contribution in [0.4, 0.5) is 0 Å². The van der Waals surface area contributed by atoms with E-state index in [1.807, 2.05) is 25.3 Å². The molecule has 0 saturated carbocycles. The highest BCUT2D eigenvalue weighted by Crippen LogP contribution is 2.03. The Balaban J connectivity index is 2.60. The van der Waals surface area contributed by atoms with Gasteiger partial charge in [-0.15, -0.1) is 0 Å². The summed E-state index contributed by atoms with van der Waals surface area (Å²) in [7, 11) is 0. The van der Waals surface area contributed by atoms with Gasteiger partial charge in [-0.1, -0.05) is 13.0 Å². The van der Waals surface area contributed by atoms with Crippen LogP contribution in [0.15, 0.2) is 23.1 Å². The predicted molar refractivity (Wildman–Crippen MR) is 72.4 cm³/mol. The van der Waals surface area contributed by atoms with E-state index in [0.29, 0.717) is 5.92 Å². The van der Waals surface area contributed by atoms with Crippen LogP contribution in [-0.2, 0) is 6.54 Å². The predicted octanol–water partition coefficient (Wildman–Crippen LogP) is 2.18. The van der Waals surface area contributed by atoms with Crippen molar-refractivity contribution in [2.45, 2.75) is 46.7 Å². The minimum absolute atomic E-state index is 0.120. The highest BCUT2D eigenvalue weighted by Gasteiger charge is 2.11. The van der Waals surface area contributed by atoms with Gasteiger partial charge in [-0.3, -0.25) is 4.79 Å². The molecule has 0 amide bonds. The maximum Gasteiger partial charge on any atom is 0.253 e. The number of rotatable bonds is 4. The monoisotopic (exact) mass is 236 g/mol. The number of hydrogen-bond donors (Lipinski definition) is 1. The molecule has 1 aromatic heterocycles. The van der Waals surface area contributed by atoms with Crippen LogP contribution in [-0.4, -0.2) is 16.7 Å². The second kappa shape index (κ2) is 5.50. The fourth-order valence-corrected chi connectivity index (χ4v) is 1.68. The van der Waals surface area contributed by atoms with Crippen molar-refractivity contribution in [2.75, 3.05) is 6.54 Å². The molecule has 0 aliphatic rings. The summed E-state index contributed by atoms with van der Waals surface area (Å²) < 4.78 is 1.80. The summed E-state index contributed by atoms with van der Waals surface area (Å²) in [6.45, 7) is 12.2. The Morgan fingerprint density at radius 3 is 2.65 bits per heavy atom. The van der Waals surface area contributed by atoms with Gasteiger partial charge in [-0.05, 0) is 46.2 Å². The Kier molecular flexibility index (Phi) is 4.52. The molecule has 0 saturated heterocycles. The molecule has 1 heterocycles. The molecule has 1 N–H and O–H groups in total. The Bertz CT molecular complexity index is 415. The lowest BCUT2D eigenvalue weighted by molar-refractivity contribution is 0.358. The molecular weight excluding hydrogens is 212 g/mol. The van der Waals surface area contributed by atoms with Gasteiger partial charge in [0.15, 0.2) is 0 Å². The van der Waals surface area contributed by atoms with E-state index in [1.54, 1.807) is 4.57 Å². The van der Waals surface area contributed by atoms with Crippen molar-refractivity contribution in [3.63, 3.8) is 0 Å². The van der Waals surface area contributed by atoms with Crippen molar-refractivity contribution in [3.05, 3.63) is 34.2 Å². The van der Waals surface area contributed by atoms with Gasteiger partial charge in [0.25, 0.3) is 5.56 Å². The van der Waals surface area contributed by atoms with E-state index in [0.717, 1.165) is 18.7 Å². The van der Waals surface area contributed by atoms with Gasteiger partial charge < -0.3 is 9.88 Å². The first-order valence-electron chi connectivity index (χ1n) is 6.20. The Morgan fingerprint density at radius 1 is 1.41 bits per heavy atom. The standard InChI is InChI=1S/C14H24N2O/c1-11(9-15-14(3,4)5)10-16-8-6-7-12(2)13(16)17/h6-8,11,15H,9-10H2,1-5H3. The van der Waals surface area contributed by atoms with Gasteiger partial charge in [0, 0.05) is 23.8 Å². The SMILES string of the molecule is Cc1cccn(CC(C)CNC(C)(C)C)c1=O. The average molecular weight is 236 g/mol. The third-order valence-corrected chi connectivity index (χ3v) is 2.70. The third-order valence-electron chi connectivity index (χ3n) is 2.70. The second-order valence-electron chi connectivity index (χ2n) is 5.88. The molecule has 0 aromatic carbocycles. The number of nitrogens with one attached hydrogen (secondary N) is 1. The van der Waals surface area contributed by atoms with Crippen LogP contribution in [0, 0.1) is 12.8 Å². The minimum atomic E-state index is 0.120. The topological polar surface area (TPSA) is 34.0 Å². The van der Waals surface area contributed by atoms with Crippen molar-refractivity contribution in [1.29, 1.82) is 0 Å². The van der Waals surface area contributed by atoms with Gasteiger partial charge in [-0.25, -0.2) is 0 Å². The number of nitrogens with zero attached hydrogens (tertiary/aromatic N) is 1. The number of aromatic nitrogens is 1. The van der Waals surface area contributed by atoms with Crippen molar-refractivity contribution < 1.29 is 0 Å². The summed E-state index contributed by atoms with van der Waals surface area (Å²) in [5.74, 6) is 0.439. The van der Waals surface area contributed by atoms with E-state index in [-0.39, 0.29) is 11.1 Å². The zero-order chi connectivity index (χ0) is 13.1. The van der Waals surface area contributed by atoms with E-state index in [2.05, 4.69) is 33.0 Å². The molecule has 3 nitrogen and oxygen atoms in total.